The molecule has 1 spiro atoms. The van der Waals surface area contributed by atoms with Gasteiger partial charge >= 0.3 is 0 Å². The summed E-state index contributed by atoms with van der Waals surface area (Å²) in [5.74, 6) is -1.17. The van der Waals surface area contributed by atoms with Crippen LogP contribution in [0.4, 0.5) is 5.69 Å². The molecule has 0 aliphatic carbocycles. The van der Waals surface area contributed by atoms with Crippen molar-refractivity contribution in [3.05, 3.63) is 72.6 Å². The van der Waals surface area contributed by atoms with E-state index in [1.807, 2.05) is 54.6 Å². The second-order valence-electron chi connectivity index (χ2n) is 7.31. The zero-order chi connectivity index (χ0) is 18.4. The molecule has 3 aliphatic rings. The van der Waals surface area contributed by atoms with Crippen LogP contribution < -0.4 is 5.32 Å². The van der Waals surface area contributed by atoms with Crippen LogP contribution in [-0.2, 0) is 20.9 Å². The molecule has 136 valence electrons. The molecule has 2 fully saturated rings. The van der Waals surface area contributed by atoms with Crippen LogP contribution in [0.15, 0.2) is 67.0 Å². The molecule has 3 aliphatic heterocycles. The zero-order valence-corrected chi connectivity index (χ0v) is 14.6. The molecular formula is C21H19N3O3. The summed E-state index contributed by atoms with van der Waals surface area (Å²) in [5.41, 5.74) is 1.05. The van der Waals surface area contributed by atoms with E-state index in [1.54, 1.807) is 17.3 Å². The van der Waals surface area contributed by atoms with Crippen molar-refractivity contribution in [1.29, 1.82) is 0 Å². The minimum atomic E-state index is -0.687. The van der Waals surface area contributed by atoms with Crippen LogP contribution in [0.1, 0.15) is 5.56 Å². The molecule has 2 bridgehead atoms. The normalized spacial score (nSPS) is 30.6. The number of carbonyl (C=O) groups excluding carboxylic acids is 2. The third-order valence-corrected chi connectivity index (χ3v) is 5.65. The molecule has 0 radical (unpaired) electrons. The largest absolute Gasteiger partial charge is 0.360 e. The van der Waals surface area contributed by atoms with Gasteiger partial charge in [-0.15, -0.1) is 0 Å². The summed E-state index contributed by atoms with van der Waals surface area (Å²) in [5, 5.41) is 2.93. The van der Waals surface area contributed by atoms with Crippen LogP contribution in [0.2, 0.25) is 0 Å². The standard InChI is InChI=1S/C21H19N3O3/c25-19(23-15-4-2-1-3-5-15)17-16-6-9-21(27-16)13-24(20(26)18(17)21)12-14-7-10-22-11-8-14/h1-11,16-18H,12-13H2,(H,23,25)/t16-,17?,18?,21+/m0/s1. The highest BCUT2D eigenvalue weighted by atomic mass is 16.5. The van der Waals surface area contributed by atoms with E-state index < -0.39 is 17.4 Å². The van der Waals surface area contributed by atoms with Gasteiger partial charge in [0, 0.05) is 24.6 Å². The number of benzene rings is 1. The first-order chi connectivity index (χ1) is 13.2. The van der Waals surface area contributed by atoms with Crippen molar-refractivity contribution in [2.75, 3.05) is 11.9 Å². The van der Waals surface area contributed by atoms with Gasteiger partial charge in [-0.1, -0.05) is 30.4 Å². The van der Waals surface area contributed by atoms with Crippen molar-refractivity contribution < 1.29 is 14.3 Å². The van der Waals surface area contributed by atoms with Crippen LogP contribution in [0, 0.1) is 11.8 Å². The predicted molar refractivity (Wildman–Crippen MR) is 98.4 cm³/mol. The smallest absolute Gasteiger partial charge is 0.231 e. The number of likely N-dealkylation sites (tertiary alicyclic amines) is 1. The van der Waals surface area contributed by atoms with Crippen LogP contribution >= 0.6 is 0 Å². The van der Waals surface area contributed by atoms with E-state index in [1.165, 1.54) is 0 Å². The molecule has 2 amide bonds. The maximum atomic E-state index is 13.2. The van der Waals surface area contributed by atoms with E-state index in [-0.39, 0.29) is 17.9 Å². The summed E-state index contributed by atoms with van der Waals surface area (Å²) in [7, 11) is 0. The Morgan fingerprint density at radius 3 is 2.78 bits per heavy atom. The first kappa shape index (κ1) is 16.2. The number of pyridine rings is 1. The van der Waals surface area contributed by atoms with E-state index >= 15 is 0 Å². The van der Waals surface area contributed by atoms with Crippen LogP contribution in [0.3, 0.4) is 0 Å². The van der Waals surface area contributed by atoms with Gasteiger partial charge in [-0.3, -0.25) is 14.6 Å². The highest BCUT2D eigenvalue weighted by Crippen LogP contribution is 2.52. The number of hydrogen-bond donors (Lipinski definition) is 1. The van der Waals surface area contributed by atoms with Gasteiger partial charge < -0.3 is 15.0 Å². The van der Waals surface area contributed by atoms with Gasteiger partial charge in [0.25, 0.3) is 0 Å². The number of anilines is 1. The van der Waals surface area contributed by atoms with E-state index in [2.05, 4.69) is 10.3 Å². The number of rotatable bonds is 4. The first-order valence-electron chi connectivity index (χ1n) is 9.07. The summed E-state index contributed by atoms with van der Waals surface area (Å²) in [6.07, 6.45) is 6.99. The number of aromatic nitrogens is 1. The molecule has 27 heavy (non-hydrogen) atoms. The molecule has 2 saturated heterocycles. The number of amides is 2. The fourth-order valence-corrected chi connectivity index (χ4v) is 4.47. The van der Waals surface area contributed by atoms with Crippen LogP contribution in [-0.4, -0.2) is 39.9 Å². The van der Waals surface area contributed by atoms with Gasteiger partial charge in [0.15, 0.2) is 0 Å². The second kappa shape index (κ2) is 6.03. The Hall–Kier alpha value is -2.99. The Morgan fingerprint density at radius 2 is 2.00 bits per heavy atom. The Morgan fingerprint density at radius 1 is 1.22 bits per heavy atom. The van der Waals surface area contributed by atoms with Crippen LogP contribution in [0.25, 0.3) is 0 Å². The minimum Gasteiger partial charge on any atom is -0.360 e. The van der Waals surface area contributed by atoms with Gasteiger partial charge in [-0.2, -0.15) is 0 Å². The van der Waals surface area contributed by atoms with Crippen molar-refractivity contribution in [3.63, 3.8) is 0 Å². The lowest BCUT2D eigenvalue weighted by atomic mass is 9.77. The number of hydrogen-bond acceptors (Lipinski definition) is 4. The van der Waals surface area contributed by atoms with Gasteiger partial charge in [0.05, 0.1) is 24.5 Å². The molecule has 4 heterocycles. The Bertz CT molecular complexity index is 915. The molecule has 1 aromatic carbocycles. The Kier molecular flexibility index (Phi) is 3.62. The molecule has 6 heteroatoms. The summed E-state index contributed by atoms with van der Waals surface area (Å²) in [6, 6.07) is 13.1. The van der Waals surface area contributed by atoms with Crippen molar-refractivity contribution in [2.45, 2.75) is 18.2 Å². The molecule has 1 aromatic heterocycles. The molecule has 0 saturated carbocycles. The number of nitrogens with zero attached hydrogens (tertiary/aromatic N) is 2. The van der Waals surface area contributed by atoms with E-state index in [0.717, 1.165) is 11.3 Å². The summed E-state index contributed by atoms with van der Waals surface area (Å²) in [4.78, 5) is 31.9. The second-order valence-corrected chi connectivity index (χ2v) is 7.31. The summed E-state index contributed by atoms with van der Waals surface area (Å²) >= 11 is 0. The predicted octanol–water partition coefficient (Wildman–Crippen LogP) is 2.00. The van der Waals surface area contributed by atoms with E-state index in [0.29, 0.717) is 13.1 Å². The average molecular weight is 361 g/mol. The van der Waals surface area contributed by atoms with Crippen molar-refractivity contribution in [3.8, 4) is 0 Å². The minimum absolute atomic E-state index is 0.0214. The third kappa shape index (κ3) is 2.56. The fraction of sp³-hybridized carbons (Fsp3) is 0.286. The van der Waals surface area contributed by atoms with E-state index in [9.17, 15) is 9.59 Å². The van der Waals surface area contributed by atoms with Gasteiger partial charge in [-0.25, -0.2) is 0 Å². The molecule has 2 aromatic rings. The van der Waals surface area contributed by atoms with E-state index in [4.69, 9.17) is 4.74 Å². The quantitative estimate of drug-likeness (QED) is 0.846. The summed E-state index contributed by atoms with van der Waals surface area (Å²) in [6.45, 7) is 0.968. The number of para-hydroxylation sites is 1. The lowest BCUT2D eigenvalue weighted by Gasteiger charge is -2.23. The average Bonchev–Trinajstić information content (AvgIpc) is 3.32. The third-order valence-electron chi connectivity index (χ3n) is 5.65. The lowest BCUT2D eigenvalue weighted by molar-refractivity contribution is -0.136. The molecule has 2 unspecified atom stereocenters. The lowest BCUT2D eigenvalue weighted by Crippen LogP contribution is -2.41. The molecule has 6 nitrogen and oxygen atoms in total. The monoisotopic (exact) mass is 361 g/mol. The molecular weight excluding hydrogens is 342 g/mol. The van der Waals surface area contributed by atoms with Gasteiger partial charge in [0.2, 0.25) is 11.8 Å². The highest BCUT2D eigenvalue weighted by molar-refractivity contribution is 5.99. The number of carbonyl (C=O) groups is 2. The SMILES string of the molecule is O=C(Nc1ccccc1)C1C2C(=O)N(Cc3ccncc3)C[C@]23C=C[C@@H]1O3. The molecule has 4 atom stereocenters. The maximum Gasteiger partial charge on any atom is 0.231 e. The molecule has 5 rings (SSSR count). The fourth-order valence-electron chi connectivity index (χ4n) is 4.47. The number of nitrogens with one attached hydrogen (secondary N) is 1. The van der Waals surface area contributed by atoms with Crippen molar-refractivity contribution in [1.82, 2.24) is 9.88 Å². The maximum absolute atomic E-state index is 13.2. The number of fused-ring (bicyclic) bond motifs is 1. The number of ether oxygens (including phenoxy) is 1. The Balaban J connectivity index is 1.39. The Labute approximate surface area is 156 Å². The topological polar surface area (TPSA) is 71.5 Å². The van der Waals surface area contributed by atoms with Gasteiger partial charge in [0.1, 0.15) is 5.60 Å². The van der Waals surface area contributed by atoms with Gasteiger partial charge in [-0.05, 0) is 29.8 Å². The van der Waals surface area contributed by atoms with Crippen LogP contribution in [0.5, 0.6) is 0 Å². The van der Waals surface area contributed by atoms with Crippen molar-refractivity contribution >= 4 is 17.5 Å². The molecule has 1 N–H and O–H groups in total. The zero-order valence-electron chi connectivity index (χ0n) is 14.6. The summed E-state index contributed by atoms with van der Waals surface area (Å²) < 4.78 is 6.15. The first-order valence-corrected chi connectivity index (χ1v) is 9.07. The van der Waals surface area contributed by atoms with Crippen molar-refractivity contribution in [2.24, 2.45) is 11.8 Å². The highest BCUT2D eigenvalue weighted by Gasteiger charge is 2.66.